The highest BCUT2D eigenvalue weighted by Gasteiger charge is 2.12. The van der Waals surface area contributed by atoms with E-state index in [0.717, 1.165) is 25.0 Å². The monoisotopic (exact) mass is 278 g/mol. The highest BCUT2D eigenvalue weighted by Crippen LogP contribution is 2.20. The summed E-state index contributed by atoms with van der Waals surface area (Å²) in [4.78, 5) is 11.7. The van der Waals surface area contributed by atoms with Crippen molar-refractivity contribution in [3.05, 3.63) is 35.8 Å². The molecule has 0 amide bonds. The van der Waals surface area contributed by atoms with Crippen LogP contribution in [0.3, 0.4) is 0 Å². The van der Waals surface area contributed by atoms with Crippen LogP contribution in [0.4, 0.5) is 0 Å². The average Bonchev–Trinajstić information content (AvgIpc) is 2.41. The zero-order chi connectivity index (χ0) is 14.8. The van der Waals surface area contributed by atoms with E-state index >= 15 is 0 Å². The molecule has 0 bridgehead atoms. The van der Waals surface area contributed by atoms with Gasteiger partial charge in [-0.25, -0.2) is 4.79 Å². The van der Waals surface area contributed by atoms with Crippen molar-refractivity contribution in [2.24, 2.45) is 0 Å². The summed E-state index contributed by atoms with van der Waals surface area (Å²) in [5.74, 6) is 0.879. The van der Waals surface area contributed by atoms with E-state index in [4.69, 9.17) is 9.47 Å². The van der Waals surface area contributed by atoms with Crippen LogP contribution >= 0.6 is 0 Å². The van der Waals surface area contributed by atoms with Gasteiger partial charge in [0.2, 0.25) is 0 Å². The molecule has 1 aliphatic carbocycles. The van der Waals surface area contributed by atoms with Crippen molar-refractivity contribution in [1.29, 1.82) is 0 Å². The Morgan fingerprint density at radius 2 is 1.80 bits per heavy atom. The maximum atomic E-state index is 11.7. The zero-order valence-corrected chi connectivity index (χ0v) is 12.7. The summed E-state index contributed by atoms with van der Waals surface area (Å²) in [5, 5.41) is 0. The Hall–Kier alpha value is -1.51. The van der Waals surface area contributed by atoms with E-state index < -0.39 is 5.97 Å². The second-order valence-electron chi connectivity index (χ2n) is 5.22. The number of esters is 1. The van der Waals surface area contributed by atoms with Crippen LogP contribution in [0.25, 0.3) is 0 Å². The van der Waals surface area contributed by atoms with Crippen LogP contribution in [0, 0.1) is 0 Å². The number of allylic oxidation sites excluding steroid dienone is 3. The molecule has 20 heavy (non-hydrogen) atoms. The Morgan fingerprint density at radius 3 is 2.45 bits per heavy atom. The van der Waals surface area contributed by atoms with Crippen LogP contribution in [-0.2, 0) is 14.3 Å². The lowest BCUT2D eigenvalue weighted by Crippen LogP contribution is -2.07. The maximum absolute atomic E-state index is 11.7. The maximum Gasteiger partial charge on any atom is 0.338 e. The minimum Gasteiger partial charge on any atom is -0.497 e. The lowest BCUT2D eigenvalue weighted by Gasteiger charge is -2.13. The number of methoxy groups -OCH3 is 1. The molecule has 0 N–H and O–H groups in total. The van der Waals surface area contributed by atoms with Crippen LogP contribution in [0.15, 0.2) is 35.8 Å². The fraction of sp³-hybridized carbons (Fsp3) is 0.588. The second-order valence-corrected chi connectivity index (χ2v) is 5.22. The molecular weight excluding hydrogens is 252 g/mol. The first-order valence-electron chi connectivity index (χ1n) is 7.46. The molecule has 0 radical (unpaired) electrons. The van der Waals surface area contributed by atoms with E-state index in [9.17, 15) is 4.79 Å². The van der Waals surface area contributed by atoms with Gasteiger partial charge in [-0.3, -0.25) is 0 Å². The lowest BCUT2D eigenvalue weighted by atomic mass is 10.1. The quantitative estimate of drug-likeness (QED) is 0.556. The molecule has 0 spiro atoms. The van der Waals surface area contributed by atoms with Gasteiger partial charge in [-0.1, -0.05) is 38.3 Å². The normalized spacial score (nSPS) is 23.1. The Morgan fingerprint density at radius 1 is 1.15 bits per heavy atom. The fourth-order valence-electron chi connectivity index (χ4n) is 2.14. The third-order valence-corrected chi connectivity index (χ3v) is 3.37. The first-order chi connectivity index (χ1) is 9.65. The lowest BCUT2D eigenvalue weighted by molar-refractivity contribution is -0.134. The van der Waals surface area contributed by atoms with Gasteiger partial charge in [0.1, 0.15) is 5.76 Å². The third kappa shape index (κ3) is 6.09. The Bertz CT molecular complexity index is 391. The topological polar surface area (TPSA) is 35.5 Å². The van der Waals surface area contributed by atoms with Crippen molar-refractivity contribution in [2.45, 2.75) is 58.3 Å². The van der Waals surface area contributed by atoms with Gasteiger partial charge < -0.3 is 9.47 Å². The Kier molecular flexibility index (Phi) is 7.78. The van der Waals surface area contributed by atoms with Gasteiger partial charge >= 0.3 is 5.97 Å². The number of ether oxygens (including phenoxy) is 2. The van der Waals surface area contributed by atoms with Crippen LogP contribution in [-0.4, -0.2) is 13.1 Å². The van der Waals surface area contributed by atoms with Gasteiger partial charge in [0, 0.05) is 12.0 Å². The standard InChI is InChI=1S/C17H26O3/c1-14(2)17(18)20-16-13-11-9-7-5-4-6-8-10-12-15(16)19-3/h11,13H,1,4-10,12H2,2-3H3/b13-11-,16-15-. The fourth-order valence-corrected chi connectivity index (χ4v) is 2.14. The average molecular weight is 278 g/mol. The summed E-state index contributed by atoms with van der Waals surface area (Å²) < 4.78 is 10.8. The van der Waals surface area contributed by atoms with Gasteiger partial charge in [0.05, 0.1) is 7.11 Å². The molecule has 0 saturated carbocycles. The SMILES string of the molecule is C=C(C)C(=O)OC1=C(\OC)CCCCCCCC/C=C\1. The number of carbonyl (C=O) groups is 1. The Balaban J connectivity index is 2.85. The molecule has 0 aliphatic heterocycles. The zero-order valence-electron chi connectivity index (χ0n) is 12.7. The van der Waals surface area contributed by atoms with Gasteiger partial charge in [-0.2, -0.15) is 0 Å². The van der Waals surface area contributed by atoms with Crippen LogP contribution in [0.2, 0.25) is 0 Å². The van der Waals surface area contributed by atoms with E-state index in [2.05, 4.69) is 12.7 Å². The summed E-state index contributed by atoms with van der Waals surface area (Å²) in [6, 6.07) is 0. The van der Waals surface area contributed by atoms with Crippen molar-refractivity contribution in [3.63, 3.8) is 0 Å². The molecule has 0 aromatic rings. The minimum absolute atomic E-state index is 0.396. The highest BCUT2D eigenvalue weighted by molar-refractivity contribution is 5.87. The summed E-state index contributed by atoms with van der Waals surface area (Å²) >= 11 is 0. The van der Waals surface area contributed by atoms with E-state index in [-0.39, 0.29) is 0 Å². The minimum atomic E-state index is -0.397. The van der Waals surface area contributed by atoms with E-state index in [0.29, 0.717) is 11.3 Å². The van der Waals surface area contributed by atoms with Crippen molar-refractivity contribution in [3.8, 4) is 0 Å². The van der Waals surface area contributed by atoms with Crippen LogP contribution < -0.4 is 0 Å². The van der Waals surface area contributed by atoms with Crippen molar-refractivity contribution in [1.82, 2.24) is 0 Å². The van der Waals surface area contributed by atoms with Crippen molar-refractivity contribution >= 4 is 5.97 Å². The summed E-state index contributed by atoms with van der Waals surface area (Å²) in [6.07, 6.45) is 13.0. The van der Waals surface area contributed by atoms with Gasteiger partial charge in [0.25, 0.3) is 0 Å². The van der Waals surface area contributed by atoms with Crippen molar-refractivity contribution < 1.29 is 14.3 Å². The molecule has 0 aromatic heterocycles. The number of carbonyl (C=O) groups excluding carboxylic acids is 1. The second kappa shape index (κ2) is 9.40. The van der Waals surface area contributed by atoms with E-state index in [1.807, 2.05) is 6.08 Å². The molecule has 0 unspecified atom stereocenters. The molecular formula is C17H26O3. The van der Waals surface area contributed by atoms with Gasteiger partial charge in [0.15, 0.2) is 5.76 Å². The number of hydrogen-bond donors (Lipinski definition) is 0. The third-order valence-electron chi connectivity index (χ3n) is 3.37. The first-order valence-corrected chi connectivity index (χ1v) is 7.46. The number of hydrogen-bond acceptors (Lipinski definition) is 3. The molecule has 3 nitrogen and oxygen atoms in total. The van der Waals surface area contributed by atoms with E-state index in [1.165, 1.54) is 32.1 Å². The summed E-state index contributed by atoms with van der Waals surface area (Å²) in [7, 11) is 1.63. The van der Waals surface area contributed by atoms with Crippen LogP contribution in [0.5, 0.6) is 0 Å². The summed E-state index contributed by atoms with van der Waals surface area (Å²) in [5.41, 5.74) is 0.396. The largest absolute Gasteiger partial charge is 0.497 e. The smallest absolute Gasteiger partial charge is 0.338 e. The molecule has 0 aromatic carbocycles. The first kappa shape index (κ1) is 16.5. The molecule has 0 saturated heterocycles. The van der Waals surface area contributed by atoms with Gasteiger partial charge in [-0.05, 0) is 32.3 Å². The predicted molar refractivity (Wildman–Crippen MR) is 81.0 cm³/mol. The number of rotatable bonds is 3. The van der Waals surface area contributed by atoms with E-state index in [1.54, 1.807) is 14.0 Å². The highest BCUT2D eigenvalue weighted by atomic mass is 16.6. The van der Waals surface area contributed by atoms with Crippen LogP contribution in [0.1, 0.15) is 58.3 Å². The molecule has 0 atom stereocenters. The summed E-state index contributed by atoms with van der Waals surface area (Å²) in [6.45, 7) is 5.26. The predicted octanol–water partition coefficient (Wildman–Crippen LogP) is 4.65. The molecule has 112 valence electrons. The van der Waals surface area contributed by atoms with Crippen molar-refractivity contribution in [2.75, 3.05) is 7.11 Å². The molecule has 0 heterocycles. The molecule has 1 aliphatic rings. The molecule has 0 fully saturated rings. The van der Waals surface area contributed by atoms with Gasteiger partial charge in [-0.15, -0.1) is 0 Å². The Labute approximate surface area is 122 Å². The molecule has 1 rings (SSSR count). The molecule has 3 heteroatoms.